The molecule has 6 nitrogen and oxygen atoms in total. The van der Waals surface area contributed by atoms with E-state index in [2.05, 4.69) is 39.9 Å². The van der Waals surface area contributed by atoms with E-state index in [1.54, 1.807) is 12.4 Å². The van der Waals surface area contributed by atoms with E-state index >= 15 is 0 Å². The standard InChI is InChI=1S/C30H24N6/c1-19-24-28(33-18-17-32-24)30(34-23-15-13-22(31-2)14-16-23)29-25(19)35-26(20-9-5-3-6-10-20)27(36-29)21-11-7-4-8-12-21/h3-18,31,34H,1-2H3. The average Bonchev–Trinajstić information content (AvgIpc) is 2.96. The predicted molar refractivity (Wildman–Crippen MR) is 148 cm³/mol. The van der Waals surface area contributed by atoms with Crippen molar-refractivity contribution >= 4 is 39.1 Å². The third-order valence-electron chi connectivity index (χ3n) is 6.32. The van der Waals surface area contributed by atoms with Gasteiger partial charge < -0.3 is 10.6 Å². The van der Waals surface area contributed by atoms with E-state index in [1.165, 1.54) is 0 Å². The average molecular weight is 469 g/mol. The maximum Gasteiger partial charge on any atom is 0.116 e. The highest BCUT2D eigenvalue weighted by atomic mass is 15.0. The summed E-state index contributed by atoms with van der Waals surface area (Å²) in [6.45, 7) is 2.04. The van der Waals surface area contributed by atoms with Crippen molar-refractivity contribution in [1.82, 2.24) is 19.9 Å². The Morgan fingerprint density at radius 2 is 1.08 bits per heavy atom. The van der Waals surface area contributed by atoms with Gasteiger partial charge in [-0.1, -0.05) is 60.7 Å². The second-order valence-corrected chi connectivity index (χ2v) is 8.56. The van der Waals surface area contributed by atoms with Gasteiger partial charge in [-0.2, -0.15) is 0 Å². The normalized spacial score (nSPS) is 11.1. The summed E-state index contributed by atoms with van der Waals surface area (Å²) >= 11 is 0. The molecule has 0 atom stereocenters. The van der Waals surface area contributed by atoms with Crippen LogP contribution in [-0.4, -0.2) is 27.0 Å². The number of nitrogens with zero attached hydrogens (tertiary/aromatic N) is 4. The number of hydrogen-bond donors (Lipinski definition) is 2. The van der Waals surface area contributed by atoms with Gasteiger partial charge in [0.15, 0.2) is 0 Å². The van der Waals surface area contributed by atoms with Crippen LogP contribution < -0.4 is 10.6 Å². The fourth-order valence-corrected chi connectivity index (χ4v) is 4.47. The highest BCUT2D eigenvalue weighted by molar-refractivity contribution is 6.10. The van der Waals surface area contributed by atoms with Crippen molar-refractivity contribution in [3.63, 3.8) is 0 Å². The van der Waals surface area contributed by atoms with Crippen LogP contribution in [-0.2, 0) is 0 Å². The van der Waals surface area contributed by atoms with Crippen LogP contribution in [0.15, 0.2) is 97.3 Å². The van der Waals surface area contributed by atoms with Crippen molar-refractivity contribution in [2.24, 2.45) is 0 Å². The monoisotopic (exact) mass is 468 g/mol. The van der Waals surface area contributed by atoms with Crippen LogP contribution in [0.25, 0.3) is 44.6 Å². The van der Waals surface area contributed by atoms with E-state index in [1.807, 2.05) is 74.6 Å². The van der Waals surface area contributed by atoms with Crippen LogP contribution in [0.1, 0.15) is 5.56 Å². The maximum absolute atomic E-state index is 5.26. The number of aromatic nitrogens is 4. The molecule has 6 aromatic rings. The summed E-state index contributed by atoms with van der Waals surface area (Å²) in [7, 11) is 1.91. The second kappa shape index (κ2) is 9.07. The second-order valence-electron chi connectivity index (χ2n) is 8.56. The van der Waals surface area contributed by atoms with Gasteiger partial charge >= 0.3 is 0 Å². The predicted octanol–water partition coefficient (Wildman–Crippen LogP) is 7.00. The molecule has 36 heavy (non-hydrogen) atoms. The maximum atomic E-state index is 5.26. The molecule has 0 radical (unpaired) electrons. The summed E-state index contributed by atoms with van der Waals surface area (Å²) in [6.07, 6.45) is 3.43. The van der Waals surface area contributed by atoms with Crippen molar-refractivity contribution in [2.45, 2.75) is 6.92 Å². The molecule has 0 aliphatic heterocycles. The molecule has 6 heteroatoms. The molecule has 174 valence electrons. The molecule has 0 fully saturated rings. The Morgan fingerprint density at radius 3 is 1.67 bits per heavy atom. The SMILES string of the molecule is CNc1ccc(Nc2c3nccnc3c(C)c3nc(-c4ccccc4)c(-c4ccccc4)nc23)cc1. The van der Waals surface area contributed by atoms with E-state index in [0.717, 1.165) is 67.2 Å². The van der Waals surface area contributed by atoms with E-state index in [4.69, 9.17) is 15.0 Å². The minimum atomic E-state index is 0.761. The lowest BCUT2D eigenvalue weighted by molar-refractivity contribution is 1.24. The molecule has 0 saturated heterocycles. The first-order chi connectivity index (χ1) is 17.7. The number of aryl methyl sites for hydroxylation is 1. The molecular formula is C30H24N6. The van der Waals surface area contributed by atoms with Gasteiger partial charge in [-0.05, 0) is 31.2 Å². The highest BCUT2D eigenvalue weighted by Gasteiger charge is 2.20. The molecule has 0 spiro atoms. The molecule has 0 aliphatic rings. The van der Waals surface area contributed by atoms with Crippen molar-refractivity contribution in [3.8, 4) is 22.5 Å². The smallest absolute Gasteiger partial charge is 0.116 e. The molecule has 2 heterocycles. The minimum Gasteiger partial charge on any atom is -0.388 e. The van der Waals surface area contributed by atoms with Gasteiger partial charge in [0, 0.05) is 47.5 Å². The molecule has 0 amide bonds. The summed E-state index contributed by atoms with van der Waals surface area (Å²) in [4.78, 5) is 19.8. The fourth-order valence-electron chi connectivity index (χ4n) is 4.47. The van der Waals surface area contributed by atoms with Crippen LogP contribution in [0.3, 0.4) is 0 Å². The molecule has 0 unspecified atom stereocenters. The van der Waals surface area contributed by atoms with E-state index in [0.29, 0.717) is 0 Å². The van der Waals surface area contributed by atoms with Crippen LogP contribution in [0, 0.1) is 6.92 Å². The van der Waals surface area contributed by atoms with Gasteiger partial charge in [0.2, 0.25) is 0 Å². The zero-order chi connectivity index (χ0) is 24.5. The topological polar surface area (TPSA) is 75.6 Å². The van der Waals surface area contributed by atoms with Crippen molar-refractivity contribution in [3.05, 3.63) is 103 Å². The summed E-state index contributed by atoms with van der Waals surface area (Å²) < 4.78 is 0. The summed E-state index contributed by atoms with van der Waals surface area (Å²) in [6, 6.07) is 28.5. The molecular weight excluding hydrogens is 444 g/mol. The number of rotatable bonds is 5. The Labute approximate surface area is 209 Å². The van der Waals surface area contributed by atoms with Crippen LogP contribution in [0.5, 0.6) is 0 Å². The first kappa shape index (κ1) is 21.7. The summed E-state index contributed by atoms with van der Waals surface area (Å²) in [5.41, 5.74) is 10.5. The van der Waals surface area contributed by atoms with E-state index in [-0.39, 0.29) is 0 Å². The van der Waals surface area contributed by atoms with E-state index in [9.17, 15) is 0 Å². The Bertz CT molecular complexity index is 1680. The largest absolute Gasteiger partial charge is 0.388 e. The summed E-state index contributed by atoms with van der Waals surface area (Å²) in [5, 5.41) is 6.73. The van der Waals surface area contributed by atoms with Gasteiger partial charge in [0.1, 0.15) is 11.0 Å². The van der Waals surface area contributed by atoms with Crippen LogP contribution in [0.4, 0.5) is 17.1 Å². The number of fused-ring (bicyclic) bond motifs is 2. The van der Waals surface area contributed by atoms with Gasteiger partial charge in [-0.15, -0.1) is 0 Å². The molecule has 2 aromatic heterocycles. The third kappa shape index (κ3) is 3.79. The Morgan fingerprint density at radius 1 is 0.556 bits per heavy atom. The molecule has 2 N–H and O–H groups in total. The van der Waals surface area contributed by atoms with E-state index < -0.39 is 0 Å². The molecule has 0 saturated carbocycles. The summed E-state index contributed by atoms with van der Waals surface area (Å²) in [5.74, 6) is 0. The lowest BCUT2D eigenvalue weighted by Crippen LogP contribution is -2.03. The lowest BCUT2D eigenvalue weighted by atomic mass is 10.0. The minimum absolute atomic E-state index is 0.761. The Balaban J connectivity index is 1.68. The Hall–Kier alpha value is -4.84. The number of benzene rings is 4. The lowest BCUT2D eigenvalue weighted by Gasteiger charge is -2.17. The first-order valence-corrected chi connectivity index (χ1v) is 11.8. The van der Waals surface area contributed by atoms with Crippen molar-refractivity contribution in [1.29, 1.82) is 0 Å². The van der Waals surface area contributed by atoms with Gasteiger partial charge in [-0.25, -0.2) is 9.97 Å². The quantitative estimate of drug-likeness (QED) is 0.265. The number of nitrogens with one attached hydrogen (secondary N) is 2. The van der Waals surface area contributed by atoms with Gasteiger partial charge in [0.25, 0.3) is 0 Å². The number of anilines is 3. The molecule has 0 aliphatic carbocycles. The van der Waals surface area contributed by atoms with Crippen molar-refractivity contribution < 1.29 is 0 Å². The first-order valence-electron chi connectivity index (χ1n) is 11.8. The highest BCUT2D eigenvalue weighted by Crippen LogP contribution is 2.38. The zero-order valence-corrected chi connectivity index (χ0v) is 20.0. The van der Waals surface area contributed by atoms with Gasteiger partial charge in [-0.3, -0.25) is 9.97 Å². The number of hydrogen-bond acceptors (Lipinski definition) is 6. The molecule has 6 rings (SSSR count). The third-order valence-corrected chi connectivity index (χ3v) is 6.32. The van der Waals surface area contributed by atoms with Gasteiger partial charge in [0.05, 0.1) is 28.1 Å². The molecule has 0 bridgehead atoms. The van der Waals surface area contributed by atoms with Crippen molar-refractivity contribution in [2.75, 3.05) is 17.7 Å². The molecule has 4 aromatic carbocycles. The Kier molecular flexibility index (Phi) is 5.46. The zero-order valence-electron chi connectivity index (χ0n) is 20.0. The van der Waals surface area contributed by atoms with Crippen LogP contribution in [0.2, 0.25) is 0 Å². The fraction of sp³-hybridized carbons (Fsp3) is 0.0667. The van der Waals surface area contributed by atoms with Crippen LogP contribution >= 0.6 is 0 Å².